The molecule has 4 aromatic rings. The Kier molecular flexibility index (Phi) is 3.80. The van der Waals surface area contributed by atoms with E-state index in [4.69, 9.17) is 0 Å². The number of hydrogen-bond acceptors (Lipinski definition) is 1. The fourth-order valence-electron chi connectivity index (χ4n) is 3.10. The summed E-state index contributed by atoms with van der Waals surface area (Å²) in [7, 11) is -2.95. The van der Waals surface area contributed by atoms with Crippen molar-refractivity contribution >= 4 is 33.8 Å². The first-order valence-corrected chi connectivity index (χ1v) is 9.62. The second kappa shape index (κ2) is 6.11. The second-order valence-corrected chi connectivity index (χ2v) is 8.43. The summed E-state index contributed by atoms with van der Waals surface area (Å²) < 4.78 is 14.4. The van der Waals surface area contributed by atoms with E-state index < -0.39 is 7.14 Å². The van der Waals surface area contributed by atoms with Crippen molar-refractivity contribution in [1.29, 1.82) is 0 Å². The van der Waals surface area contributed by atoms with Crippen molar-refractivity contribution in [1.82, 2.24) is 0 Å². The molecule has 0 saturated heterocycles. The highest BCUT2D eigenvalue weighted by Crippen LogP contribution is 2.44. The first-order valence-electron chi connectivity index (χ1n) is 7.91. The maximum Gasteiger partial charge on any atom is 0.171 e. The standard InChI is InChI=1S/C22H16OP/c23-24(19-12-3-1-4-13-19,20-14-5-2-6-15-20)22-17-9-11-18-10-7-8-16-21(18)22/h1-15,17H. The van der Waals surface area contributed by atoms with Gasteiger partial charge in [0.2, 0.25) is 0 Å². The van der Waals surface area contributed by atoms with E-state index in [1.54, 1.807) is 0 Å². The molecule has 2 heteroatoms. The average Bonchev–Trinajstić information content (AvgIpc) is 2.68. The summed E-state index contributed by atoms with van der Waals surface area (Å²) in [6.07, 6.45) is 0. The van der Waals surface area contributed by atoms with Gasteiger partial charge in [-0.3, -0.25) is 0 Å². The Morgan fingerprint density at radius 2 is 1.21 bits per heavy atom. The first kappa shape index (κ1) is 14.9. The summed E-state index contributed by atoms with van der Waals surface area (Å²) in [5.41, 5.74) is 0. The molecule has 4 rings (SSSR count). The van der Waals surface area contributed by atoms with E-state index in [0.29, 0.717) is 0 Å². The lowest BCUT2D eigenvalue weighted by Crippen LogP contribution is -2.25. The molecule has 1 radical (unpaired) electrons. The van der Waals surface area contributed by atoms with Crippen LogP contribution in [0.25, 0.3) is 10.8 Å². The van der Waals surface area contributed by atoms with Gasteiger partial charge in [-0.15, -0.1) is 0 Å². The van der Waals surface area contributed by atoms with Crippen LogP contribution in [-0.2, 0) is 4.57 Å². The monoisotopic (exact) mass is 327 g/mol. The third-order valence-corrected chi connectivity index (χ3v) is 7.36. The Bertz CT molecular complexity index is 974. The predicted molar refractivity (Wildman–Crippen MR) is 102 cm³/mol. The van der Waals surface area contributed by atoms with E-state index in [2.05, 4.69) is 6.07 Å². The third-order valence-electron chi connectivity index (χ3n) is 4.25. The predicted octanol–water partition coefficient (Wildman–Crippen LogP) is 4.28. The van der Waals surface area contributed by atoms with Crippen LogP contribution in [0, 0.1) is 6.07 Å². The zero-order valence-corrected chi connectivity index (χ0v) is 14.0. The summed E-state index contributed by atoms with van der Waals surface area (Å²) in [6.45, 7) is 0. The van der Waals surface area contributed by atoms with Gasteiger partial charge in [0.1, 0.15) is 0 Å². The van der Waals surface area contributed by atoms with Gasteiger partial charge in [-0.05, 0) is 11.5 Å². The number of benzene rings is 4. The van der Waals surface area contributed by atoms with Gasteiger partial charge in [0.05, 0.1) is 0 Å². The fraction of sp³-hybridized carbons (Fsp3) is 0. The average molecular weight is 327 g/mol. The van der Waals surface area contributed by atoms with Gasteiger partial charge in [0.15, 0.2) is 7.14 Å². The summed E-state index contributed by atoms with van der Waals surface area (Å²) in [4.78, 5) is 0. The lowest BCUT2D eigenvalue weighted by atomic mass is 10.1. The van der Waals surface area contributed by atoms with Crippen LogP contribution < -0.4 is 15.9 Å². The molecule has 0 heterocycles. The molecule has 0 aliphatic rings. The van der Waals surface area contributed by atoms with Gasteiger partial charge in [-0.25, -0.2) is 0 Å². The molecule has 24 heavy (non-hydrogen) atoms. The molecule has 0 unspecified atom stereocenters. The molecule has 115 valence electrons. The van der Waals surface area contributed by atoms with Crippen molar-refractivity contribution in [3.8, 4) is 0 Å². The highest BCUT2D eigenvalue weighted by Gasteiger charge is 2.30. The van der Waals surface area contributed by atoms with Gasteiger partial charge in [-0.1, -0.05) is 97.1 Å². The van der Waals surface area contributed by atoms with Crippen LogP contribution in [0.4, 0.5) is 0 Å². The largest absolute Gasteiger partial charge is 0.309 e. The van der Waals surface area contributed by atoms with E-state index in [9.17, 15) is 4.57 Å². The van der Waals surface area contributed by atoms with Crippen molar-refractivity contribution < 1.29 is 4.57 Å². The Hall–Kier alpha value is -2.63. The summed E-state index contributed by atoms with van der Waals surface area (Å²) in [5.74, 6) is 0. The molecule has 1 nitrogen and oxygen atoms in total. The molecule has 0 bridgehead atoms. The fourth-order valence-corrected chi connectivity index (χ4v) is 5.95. The van der Waals surface area contributed by atoms with Gasteiger partial charge >= 0.3 is 0 Å². The van der Waals surface area contributed by atoms with Crippen LogP contribution in [0.1, 0.15) is 0 Å². The normalized spacial score (nSPS) is 11.5. The minimum Gasteiger partial charge on any atom is -0.309 e. The summed E-state index contributed by atoms with van der Waals surface area (Å²) in [6, 6.07) is 34.7. The van der Waals surface area contributed by atoms with Crippen LogP contribution in [-0.4, -0.2) is 0 Å². The number of fused-ring (bicyclic) bond motifs is 1. The van der Waals surface area contributed by atoms with Crippen molar-refractivity contribution in [2.45, 2.75) is 0 Å². The highest BCUT2D eigenvalue weighted by atomic mass is 31.2. The molecule has 0 N–H and O–H groups in total. The third kappa shape index (κ3) is 2.38. The molecule has 0 aliphatic carbocycles. The van der Waals surface area contributed by atoms with Gasteiger partial charge < -0.3 is 4.57 Å². The highest BCUT2D eigenvalue weighted by molar-refractivity contribution is 7.85. The van der Waals surface area contributed by atoms with Crippen LogP contribution in [0.2, 0.25) is 0 Å². The Labute approximate surface area is 142 Å². The van der Waals surface area contributed by atoms with Gasteiger partial charge in [0.25, 0.3) is 0 Å². The van der Waals surface area contributed by atoms with E-state index in [-0.39, 0.29) is 0 Å². The van der Waals surface area contributed by atoms with Gasteiger partial charge in [-0.2, -0.15) is 0 Å². The van der Waals surface area contributed by atoms with E-state index >= 15 is 0 Å². The molecule has 0 atom stereocenters. The SMILES string of the molecule is O=P(c1ccccc1)(c1ccccc1)c1cccc2ccc[c]c12. The summed E-state index contributed by atoms with van der Waals surface area (Å²) >= 11 is 0. The molecular formula is C22H16OP. The quantitative estimate of drug-likeness (QED) is 0.513. The topological polar surface area (TPSA) is 17.1 Å². The van der Waals surface area contributed by atoms with E-state index in [1.807, 2.05) is 97.1 Å². The number of hydrogen-bond donors (Lipinski definition) is 0. The van der Waals surface area contributed by atoms with Crippen molar-refractivity contribution in [3.63, 3.8) is 0 Å². The van der Waals surface area contributed by atoms with Crippen LogP contribution >= 0.6 is 7.14 Å². The Balaban J connectivity index is 2.09. The molecule has 0 aliphatic heterocycles. The van der Waals surface area contributed by atoms with Crippen LogP contribution in [0.3, 0.4) is 0 Å². The lowest BCUT2D eigenvalue weighted by molar-refractivity contribution is 0.592. The smallest absolute Gasteiger partial charge is 0.171 e. The zero-order valence-electron chi connectivity index (χ0n) is 13.1. The number of rotatable bonds is 3. The minimum atomic E-state index is -2.95. The molecule has 0 spiro atoms. The molecule has 0 amide bonds. The van der Waals surface area contributed by atoms with Crippen molar-refractivity contribution in [2.24, 2.45) is 0 Å². The van der Waals surface area contributed by atoms with Crippen molar-refractivity contribution in [3.05, 3.63) is 103 Å². The second-order valence-electron chi connectivity index (χ2n) is 5.69. The molecule has 4 aromatic carbocycles. The summed E-state index contributed by atoms with van der Waals surface area (Å²) in [5, 5.41) is 4.53. The first-order chi connectivity index (χ1) is 11.8. The van der Waals surface area contributed by atoms with E-state index in [1.165, 1.54) is 0 Å². The Morgan fingerprint density at radius 1 is 0.625 bits per heavy atom. The van der Waals surface area contributed by atoms with Crippen LogP contribution in [0.5, 0.6) is 0 Å². The molecular weight excluding hydrogens is 311 g/mol. The van der Waals surface area contributed by atoms with Crippen LogP contribution in [0.15, 0.2) is 97.1 Å². The lowest BCUT2D eigenvalue weighted by Gasteiger charge is -2.21. The van der Waals surface area contributed by atoms with E-state index in [0.717, 1.165) is 26.7 Å². The molecule has 0 fully saturated rings. The Morgan fingerprint density at radius 3 is 1.83 bits per heavy atom. The zero-order chi connectivity index (χ0) is 16.4. The van der Waals surface area contributed by atoms with Crippen molar-refractivity contribution in [2.75, 3.05) is 0 Å². The maximum absolute atomic E-state index is 14.4. The minimum absolute atomic E-state index is 0.845. The molecule has 0 aromatic heterocycles. The van der Waals surface area contributed by atoms with Gasteiger partial charge in [0, 0.05) is 21.3 Å². The molecule has 0 saturated carbocycles. The maximum atomic E-state index is 14.4.